The second-order valence-corrected chi connectivity index (χ2v) is 11.0. The molecule has 0 saturated heterocycles. The zero-order valence-corrected chi connectivity index (χ0v) is 21.5. The normalized spacial score (nSPS) is 13.7. The minimum Gasteiger partial charge on any atom is -0.227 e. The van der Waals surface area contributed by atoms with Crippen LogP contribution in [0.2, 0.25) is 0 Å². The molecule has 2 nitrogen and oxygen atoms in total. The molecule has 0 aliphatic heterocycles. The maximum Gasteiger partial charge on any atom is 0.195 e. The van der Waals surface area contributed by atoms with Crippen molar-refractivity contribution in [1.82, 2.24) is 0 Å². The minimum atomic E-state index is -4.60. The molecule has 0 aliphatic carbocycles. The van der Waals surface area contributed by atoms with E-state index < -0.39 is 78.0 Å². The maximum atomic E-state index is 14.3. The number of hydrogen-bond acceptors (Lipinski definition) is 2. The maximum absolute atomic E-state index is 14.3. The van der Waals surface area contributed by atoms with E-state index in [1.807, 2.05) is 0 Å². The third kappa shape index (κ3) is 6.40. The van der Waals surface area contributed by atoms with Gasteiger partial charge in [-0.2, -0.15) is 0 Å². The Hall–Kier alpha value is -4.25. The zero-order valence-electron chi connectivity index (χ0n) is 20.6. The first-order chi connectivity index (χ1) is 19.4. The molecule has 0 fully saturated rings. The lowest BCUT2D eigenvalue weighted by molar-refractivity contribution is 0.446. The van der Waals surface area contributed by atoms with E-state index >= 15 is 0 Å². The summed E-state index contributed by atoms with van der Waals surface area (Å²) >= 11 is 0. The van der Waals surface area contributed by atoms with Gasteiger partial charge in [-0.3, -0.25) is 0 Å². The topological polar surface area (TPSA) is 34.1 Å². The molecule has 0 aliphatic rings. The SMILES string of the molecule is O=S(=O)(C(/C=C/c1ccc(F)c(F)c1F)c1ccc(F)cc1)C(/C=C/c1ccc(F)c(F)c1F)c1ccc(F)cc1. The highest BCUT2D eigenvalue weighted by atomic mass is 32.2. The molecule has 0 bridgehead atoms. The van der Waals surface area contributed by atoms with Crippen molar-refractivity contribution in [3.8, 4) is 0 Å². The minimum absolute atomic E-state index is 0.0230. The summed E-state index contributed by atoms with van der Waals surface area (Å²) in [5.41, 5.74) is -1.04. The van der Waals surface area contributed by atoms with E-state index in [1.165, 1.54) is 0 Å². The molecule has 2 atom stereocenters. The van der Waals surface area contributed by atoms with Crippen LogP contribution < -0.4 is 0 Å². The van der Waals surface area contributed by atoms with Crippen LogP contribution in [0.15, 0.2) is 84.9 Å². The number of benzene rings is 4. The molecule has 4 aromatic rings. The summed E-state index contributed by atoms with van der Waals surface area (Å²) in [6.07, 6.45) is 3.70. The van der Waals surface area contributed by atoms with Crippen LogP contribution in [0.25, 0.3) is 12.2 Å². The van der Waals surface area contributed by atoms with Gasteiger partial charge in [-0.1, -0.05) is 48.6 Å². The highest BCUT2D eigenvalue weighted by Gasteiger charge is 2.34. The smallest absolute Gasteiger partial charge is 0.195 e. The molecule has 2 unspecified atom stereocenters. The standard InChI is InChI=1S/C30H18F8O2S/c31-21-9-1-17(2-10-21)25(15-7-19-5-13-23(33)29(37)27(19)35)41(39,40)26(18-3-11-22(32)12-4-18)16-8-20-6-14-24(34)30(38)28(20)36/h1-16,25-26H/b15-7+,16-8+. The van der Waals surface area contributed by atoms with E-state index in [0.717, 1.165) is 85.0 Å². The van der Waals surface area contributed by atoms with E-state index in [1.54, 1.807) is 0 Å². The molecule has 11 heteroatoms. The molecule has 212 valence electrons. The highest BCUT2D eigenvalue weighted by molar-refractivity contribution is 7.92. The second-order valence-electron chi connectivity index (χ2n) is 8.78. The van der Waals surface area contributed by atoms with Gasteiger partial charge in [0.25, 0.3) is 0 Å². The van der Waals surface area contributed by atoms with Crippen LogP contribution in [0.4, 0.5) is 35.1 Å². The largest absolute Gasteiger partial charge is 0.227 e. The van der Waals surface area contributed by atoms with Crippen molar-refractivity contribution in [2.45, 2.75) is 10.5 Å². The average Bonchev–Trinajstić information content (AvgIpc) is 2.94. The monoisotopic (exact) mass is 594 g/mol. The van der Waals surface area contributed by atoms with Crippen molar-refractivity contribution in [3.63, 3.8) is 0 Å². The van der Waals surface area contributed by atoms with Gasteiger partial charge in [0.05, 0.1) is 0 Å². The molecule has 0 aromatic heterocycles. The van der Waals surface area contributed by atoms with Gasteiger partial charge in [-0.15, -0.1) is 0 Å². The van der Waals surface area contributed by atoms with E-state index in [4.69, 9.17) is 0 Å². The van der Waals surface area contributed by atoms with E-state index in [0.29, 0.717) is 12.1 Å². The van der Waals surface area contributed by atoms with E-state index in [2.05, 4.69) is 0 Å². The lowest BCUT2D eigenvalue weighted by Gasteiger charge is -2.22. The summed E-state index contributed by atoms with van der Waals surface area (Å²) in [4.78, 5) is 0. The lowest BCUT2D eigenvalue weighted by Crippen LogP contribution is -2.19. The summed E-state index contributed by atoms with van der Waals surface area (Å²) < 4.78 is 139. The van der Waals surface area contributed by atoms with Crippen molar-refractivity contribution in [3.05, 3.63) is 154 Å². The highest BCUT2D eigenvalue weighted by Crippen LogP contribution is 2.38. The van der Waals surface area contributed by atoms with Gasteiger partial charge in [0.15, 0.2) is 44.7 Å². The first-order valence-corrected chi connectivity index (χ1v) is 13.4. The fourth-order valence-corrected chi connectivity index (χ4v) is 5.99. The predicted octanol–water partition coefficient (Wildman–Crippen LogP) is 8.42. The van der Waals surface area contributed by atoms with Crippen molar-refractivity contribution in [2.24, 2.45) is 0 Å². The number of sulfone groups is 1. The van der Waals surface area contributed by atoms with Gasteiger partial charge in [0.2, 0.25) is 0 Å². The summed E-state index contributed by atoms with van der Waals surface area (Å²) in [5.74, 6) is -11.1. The molecule has 41 heavy (non-hydrogen) atoms. The van der Waals surface area contributed by atoms with Crippen LogP contribution in [-0.2, 0) is 9.84 Å². The molecule has 0 N–H and O–H groups in total. The Bertz CT molecular complexity index is 1610. The quantitative estimate of drug-likeness (QED) is 0.152. The Balaban J connectivity index is 1.88. The Morgan fingerprint density at radius 1 is 0.463 bits per heavy atom. The van der Waals surface area contributed by atoms with Gasteiger partial charge in [-0.05, 0) is 59.7 Å². The molecule has 0 amide bonds. The lowest BCUT2D eigenvalue weighted by atomic mass is 10.1. The van der Waals surface area contributed by atoms with Crippen molar-refractivity contribution < 1.29 is 43.5 Å². The molecule has 0 radical (unpaired) electrons. The Labute approximate surface area is 229 Å². The van der Waals surface area contributed by atoms with Crippen LogP contribution in [0, 0.1) is 46.5 Å². The van der Waals surface area contributed by atoms with Crippen LogP contribution in [0.3, 0.4) is 0 Å². The fourth-order valence-electron chi connectivity index (χ4n) is 4.00. The van der Waals surface area contributed by atoms with Crippen molar-refractivity contribution in [2.75, 3.05) is 0 Å². The zero-order chi connectivity index (χ0) is 29.9. The first kappa shape index (κ1) is 29.7. The second kappa shape index (κ2) is 12.1. The third-order valence-corrected chi connectivity index (χ3v) is 8.41. The average molecular weight is 595 g/mol. The van der Waals surface area contributed by atoms with E-state index in [9.17, 15) is 43.5 Å². The van der Waals surface area contributed by atoms with Gasteiger partial charge in [0.1, 0.15) is 22.1 Å². The van der Waals surface area contributed by atoms with E-state index in [-0.39, 0.29) is 11.1 Å². The number of hydrogen-bond donors (Lipinski definition) is 0. The van der Waals surface area contributed by atoms with Gasteiger partial charge in [-0.25, -0.2) is 43.5 Å². The van der Waals surface area contributed by atoms with Crippen LogP contribution in [0.5, 0.6) is 0 Å². The van der Waals surface area contributed by atoms with Crippen molar-refractivity contribution in [1.29, 1.82) is 0 Å². The molecule has 4 rings (SSSR count). The van der Waals surface area contributed by atoms with Crippen LogP contribution >= 0.6 is 0 Å². The van der Waals surface area contributed by atoms with Crippen molar-refractivity contribution >= 4 is 22.0 Å². The van der Waals surface area contributed by atoms with Gasteiger partial charge >= 0.3 is 0 Å². The fraction of sp³-hybridized carbons (Fsp3) is 0.0667. The van der Waals surface area contributed by atoms with Crippen LogP contribution in [0.1, 0.15) is 32.8 Å². The molecule has 4 aromatic carbocycles. The molecular weight excluding hydrogens is 576 g/mol. The summed E-state index contributed by atoms with van der Waals surface area (Å²) in [7, 11) is -4.60. The summed E-state index contributed by atoms with van der Waals surface area (Å²) in [6.45, 7) is 0. The van der Waals surface area contributed by atoms with Gasteiger partial charge < -0.3 is 0 Å². The summed E-state index contributed by atoms with van der Waals surface area (Å²) in [5, 5.41) is -3.38. The van der Waals surface area contributed by atoms with Gasteiger partial charge in [0, 0.05) is 11.1 Å². The Morgan fingerprint density at radius 3 is 1.15 bits per heavy atom. The van der Waals surface area contributed by atoms with Crippen LogP contribution in [-0.4, -0.2) is 8.42 Å². The first-order valence-electron chi connectivity index (χ1n) is 11.8. The molecule has 0 heterocycles. The predicted molar refractivity (Wildman–Crippen MR) is 138 cm³/mol. The number of halogens is 8. The molecule has 0 spiro atoms. The summed E-state index contributed by atoms with van der Waals surface area (Å²) in [6, 6.07) is 11.4. The molecular formula is C30H18F8O2S. The Kier molecular flexibility index (Phi) is 8.77. The Morgan fingerprint density at radius 2 is 0.805 bits per heavy atom. The third-order valence-electron chi connectivity index (χ3n) is 6.14. The molecule has 0 saturated carbocycles. The number of rotatable bonds is 8.